The summed E-state index contributed by atoms with van der Waals surface area (Å²) in [5, 5.41) is 2.76. The zero-order valence-corrected chi connectivity index (χ0v) is 29.2. The van der Waals surface area contributed by atoms with Gasteiger partial charge in [0.1, 0.15) is 5.75 Å². The summed E-state index contributed by atoms with van der Waals surface area (Å²) in [7, 11) is 0.299. The lowest BCUT2D eigenvalue weighted by atomic mass is 10.2. The highest BCUT2D eigenvalue weighted by Crippen LogP contribution is 2.28. The summed E-state index contributed by atoms with van der Waals surface area (Å²) >= 11 is 0. The number of unbranched alkanes of at least 4 members (excludes halogenated alkanes) is 3. The van der Waals surface area contributed by atoms with Crippen molar-refractivity contribution in [2.75, 3.05) is 53.8 Å². The molecule has 0 aliphatic carbocycles. The van der Waals surface area contributed by atoms with Crippen molar-refractivity contribution in [3.8, 4) is 17.2 Å². The van der Waals surface area contributed by atoms with E-state index >= 15 is 0 Å². The van der Waals surface area contributed by atoms with Crippen LogP contribution in [0.15, 0.2) is 48.5 Å². The summed E-state index contributed by atoms with van der Waals surface area (Å²) in [5.74, 6) is 0.314. The van der Waals surface area contributed by atoms with Crippen LogP contribution >= 0.6 is 0 Å². The van der Waals surface area contributed by atoms with Gasteiger partial charge in [-0.3, -0.25) is 0 Å². The molecule has 0 saturated carbocycles. The summed E-state index contributed by atoms with van der Waals surface area (Å²) in [5.41, 5.74) is 1.06. The molecular weight excluding hydrogens is 626 g/mol. The predicted molar refractivity (Wildman–Crippen MR) is 179 cm³/mol. The van der Waals surface area contributed by atoms with Crippen molar-refractivity contribution in [1.29, 1.82) is 0 Å². The molecule has 0 spiro atoms. The van der Waals surface area contributed by atoms with Crippen LogP contribution in [0.3, 0.4) is 0 Å². The lowest BCUT2D eigenvalue weighted by molar-refractivity contribution is -0.137. The van der Waals surface area contributed by atoms with Gasteiger partial charge < -0.3 is 42.3 Å². The molecular formula is C34H49NO11Si. The Labute approximate surface area is 279 Å². The number of rotatable bonds is 23. The van der Waals surface area contributed by atoms with Crippen LogP contribution in [0.5, 0.6) is 17.2 Å². The molecule has 2 rings (SSSR count). The summed E-state index contributed by atoms with van der Waals surface area (Å²) in [4.78, 5) is 36.5. The van der Waals surface area contributed by atoms with Crippen LogP contribution in [0.4, 0.5) is 4.79 Å². The molecule has 13 heteroatoms. The molecule has 0 aliphatic heterocycles. The Balaban J connectivity index is 1.56. The number of amides is 1. The number of hydrogen-bond donors (Lipinski definition) is 1. The minimum atomic E-state index is -2.71. The number of hydrogen-bond acceptors (Lipinski definition) is 11. The van der Waals surface area contributed by atoms with E-state index in [-0.39, 0.29) is 0 Å². The smallest absolute Gasteiger partial charge is 0.493 e. The molecule has 1 N–H and O–H groups in total. The average molecular weight is 676 g/mol. The Hall–Kier alpha value is -3.91. The second kappa shape index (κ2) is 22.6. The molecule has 0 radical (unpaired) electrons. The van der Waals surface area contributed by atoms with Crippen molar-refractivity contribution in [2.24, 2.45) is 0 Å². The summed E-state index contributed by atoms with van der Waals surface area (Å²) in [6.45, 7) is 8.35. The van der Waals surface area contributed by atoms with Crippen LogP contribution in [-0.4, -0.2) is 80.6 Å². The van der Waals surface area contributed by atoms with Gasteiger partial charge in [-0.2, -0.15) is 0 Å². The summed E-state index contributed by atoms with van der Waals surface area (Å²) < 4.78 is 43.8. The molecule has 2 aromatic rings. The number of ether oxygens (including phenoxy) is 5. The van der Waals surface area contributed by atoms with Crippen molar-refractivity contribution in [3.63, 3.8) is 0 Å². The first-order valence-corrected chi connectivity index (χ1v) is 17.9. The molecule has 1 amide bonds. The maximum atomic E-state index is 12.5. The van der Waals surface area contributed by atoms with E-state index in [1.54, 1.807) is 48.5 Å². The summed E-state index contributed by atoms with van der Waals surface area (Å²) in [6, 6.07) is 12.1. The number of carbonyl (C=O) groups is 3. The second-order valence-electron chi connectivity index (χ2n) is 10.1. The molecule has 0 bridgehead atoms. The average Bonchev–Trinajstić information content (AvgIpc) is 3.07. The lowest BCUT2D eigenvalue weighted by Gasteiger charge is -2.28. The Morgan fingerprint density at radius 1 is 0.745 bits per heavy atom. The molecule has 0 aliphatic rings. The number of esters is 2. The highest BCUT2D eigenvalue weighted by molar-refractivity contribution is 6.60. The Morgan fingerprint density at radius 2 is 1.36 bits per heavy atom. The first-order chi connectivity index (χ1) is 22.8. The Kier molecular flexibility index (Phi) is 18.9. The van der Waals surface area contributed by atoms with Gasteiger partial charge in [0.25, 0.3) is 0 Å². The minimum absolute atomic E-state index is 0.297. The van der Waals surface area contributed by atoms with Gasteiger partial charge in [-0.25, -0.2) is 14.4 Å². The van der Waals surface area contributed by atoms with Crippen molar-refractivity contribution in [2.45, 2.75) is 58.9 Å². The fraction of sp³-hybridized carbons (Fsp3) is 0.500. The number of methoxy groups -OCH3 is 2. The van der Waals surface area contributed by atoms with Gasteiger partial charge in [-0.15, -0.1) is 0 Å². The SMILES string of the molecule is CCO[Si](CCCNC(=O)OCCCCCCOC(=O)/C=C/c1ccc(OC(=O)c2ccc(OC)c(OC)c2)cc1)(OCC)OCC. The van der Waals surface area contributed by atoms with Gasteiger partial charge in [0.15, 0.2) is 11.5 Å². The fourth-order valence-corrected chi connectivity index (χ4v) is 7.04. The van der Waals surface area contributed by atoms with E-state index in [2.05, 4.69) is 5.32 Å². The fourth-order valence-electron chi connectivity index (χ4n) is 4.43. The third-order valence-corrected chi connectivity index (χ3v) is 9.81. The van der Waals surface area contributed by atoms with E-state index < -0.39 is 26.8 Å². The molecule has 260 valence electrons. The number of alkyl carbamates (subject to hydrolysis) is 1. The molecule has 0 saturated heterocycles. The third-order valence-electron chi connectivity index (χ3n) is 6.66. The van der Waals surface area contributed by atoms with E-state index in [4.69, 9.17) is 37.0 Å². The van der Waals surface area contributed by atoms with Crippen molar-refractivity contribution >= 4 is 32.9 Å². The summed E-state index contributed by atoms with van der Waals surface area (Å²) in [6.07, 6.45) is 6.30. The zero-order valence-electron chi connectivity index (χ0n) is 28.2. The van der Waals surface area contributed by atoms with E-state index in [0.717, 1.165) is 24.8 Å². The number of nitrogens with one attached hydrogen (secondary N) is 1. The maximum absolute atomic E-state index is 12.5. The normalized spacial score (nSPS) is 11.3. The quantitative estimate of drug-likeness (QED) is 0.0474. The maximum Gasteiger partial charge on any atom is 0.500 e. The largest absolute Gasteiger partial charge is 0.500 e. The molecule has 0 unspecified atom stereocenters. The molecule has 12 nitrogen and oxygen atoms in total. The van der Waals surface area contributed by atoms with Crippen LogP contribution in [0.2, 0.25) is 6.04 Å². The van der Waals surface area contributed by atoms with E-state index in [9.17, 15) is 14.4 Å². The van der Waals surface area contributed by atoms with Crippen LogP contribution in [-0.2, 0) is 27.5 Å². The highest BCUT2D eigenvalue weighted by Gasteiger charge is 2.39. The molecule has 47 heavy (non-hydrogen) atoms. The molecule has 0 aromatic heterocycles. The Morgan fingerprint density at radius 3 is 1.96 bits per heavy atom. The van der Waals surface area contributed by atoms with Gasteiger partial charge in [0.05, 0.1) is 33.0 Å². The molecule has 2 aromatic carbocycles. The topological polar surface area (TPSA) is 137 Å². The van der Waals surface area contributed by atoms with Gasteiger partial charge in [0.2, 0.25) is 0 Å². The monoisotopic (exact) mass is 675 g/mol. The van der Waals surface area contributed by atoms with Crippen molar-refractivity contribution < 1.29 is 51.3 Å². The Bertz CT molecular complexity index is 1240. The second-order valence-corrected chi connectivity index (χ2v) is 12.8. The van der Waals surface area contributed by atoms with Crippen LogP contribution in [0.25, 0.3) is 6.08 Å². The van der Waals surface area contributed by atoms with E-state index in [0.29, 0.717) is 81.3 Å². The molecule has 0 fully saturated rings. The molecule has 0 atom stereocenters. The van der Waals surface area contributed by atoms with Crippen molar-refractivity contribution in [3.05, 3.63) is 59.7 Å². The third kappa shape index (κ3) is 15.0. The van der Waals surface area contributed by atoms with Gasteiger partial charge >= 0.3 is 26.8 Å². The molecule has 0 heterocycles. The number of carbonyl (C=O) groups excluding carboxylic acids is 3. The van der Waals surface area contributed by atoms with Gasteiger partial charge in [-0.05, 0) is 94.8 Å². The van der Waals surface area contributed by atoms with E-state index in [1.807, 2.05) is 20.8 Å². The van der Waals surface area contributed by atoms with Crippen LogP contribution < -0.4 is 19.5 Å². The highest BCUT2D eigenvalue weighted by atomic mass is 28.4. The van der Waals surface area contributed by atoms with Crippen LogP contribution in [0, 0.1) is 0 Å². The minimum Gasteiger partial charge on any atom is -0.493 e. The number of benzene rings is 2. The zero-order chi connectivity index (χ0) is 34.3. The first-order valence-electron chi connectivity index (χ1n) is 16.0. The lowest BCUT2D eigenvalue weighted by Crippen LogP contribution is -2.46. The van der Waals surface area contributed by atoms with E-state index in [1.165, 1.54) is 20.3 Å². The predicted octanol–water partition coefficient (Wildman–Crippen LogP) is 6.20. The van der Waals surface area contributed by atoms with Gasteiger partial charge in [0, 0.05) is 38.5 Å². The van der Waals surface area contributed by atoms with Crippen LogP contribution in [0.1, 0.15) is 68.8 Å². The van der Waals surface area contributed by atoms with Gasteiger partial charge in [-0.1, -0.05) is 12.1 Å². The van der Waals surface area contributed by atoms with Crippen molar-refractivity contribution in [1.82, 2.24) is 5.32 Å². The standard InChI is InChI=1S/C34H49NO11Si/c1-6-43-47(44-7-2,45-8-3)25-13-22-35-34(38)42-24-12-10-9-11-23-41-32(36)21-16-27-14-18-29(19-15-27)46-33(37)28-17-20-30(39-4)31(26-28)40-5/h14-21,26H,6-13,22-25H2,1-5H3,(H,35,38)/b21-16+. The first kappa shape index (κ1) is 39.3.